The first-order valence-electron chi connectivity index (χ1n) is 9.96. The fourth-order valence-corrected chi connectivity index (χ4v) is 4.29. The van der Waals surface area contributed by atoms with Crippen LogP contribution in [0.4, 0.5) is 10.5 Å². The number of ether oxygens (including phenoxy) is 3. The number of hydrogen-bond donors (Lipinski definition) is 0. The number of hydrogen-bond acceptors (Lipinski definition) is 9. The molecule has 10 nitrogen and oxygen atoms in total. The smallest absolute Gasteiger partial charge is 0.416 e. The lowest BCUT2D eigenvalue weighted by molar-refractivity contribution is -0.384. The number of carbonyl (C=O) groups excluding carboxylic acids is 3. The van der Waals surface area contributed by atoms with Gasteiger partial charge in [0.15, 0.2) is 5.12 Å². The molecule has 174 valence electrons. The van der Waals surface area contributed by atoms with Crippen LogP contribution in [0, 0.1) is 10.1 Å². The van der Waals surface area contributed by atoms with Crippen molar-refractivity contribution in [2.75, 3.05) is 13.7 Å². The summed E-state index contributed by atoms with van der Waals surface area (Å²) in [4.78, 5) is 48.6. The average Bonchev–Trinajstić information content (AvgIpc) is 3.21. The van der Waals surface area contributed by atoms with Crippen LogP contribution in [0.5, 0.6) is 11.5 Å². The van der Waals surface area contributed by atoms with Crippen molar-refractivity contribution in [1.82, 2.24) is 4.90 Å². The van der Waals surface area contributed by atoms with Crippen LogP contribution >= 0.6 is 11.8 Å². The highest BCUT2D eigenvalue weighted by Crippen LogP contribution is 2.30. The van der Waals surface area contributed by atoms with Gasteiger partial charge in [-0.15, -0.1) is 0 Å². The molecule has 1 fully saturated rings. The first kappa shape index (κ1) is 24.1. The van der Waals surface area contributed by atoms with Crippen molar-refractivity contribution >= 4 is 34.6 Å². The monoisotopic (exact) mass is 474 g/mol. The van der Waals surface area contributed by atoms with Gasteiger partial charge in [0, 0.05) is 30.9 Å². The fourth-order valence-electron chi connectivity index (χ4n) is 3.31. The number of carbonyl (C=O) groups is 3. The Bertz CT molecular complexity index is 1030. The van der Waals surface area contributed by atoms with Gasteiger partial charge in [-0.05, 0) is 36.2 Å². The molecule has 0 radical (unpaired) electrons. The van der Waals surface area contributed by atoms with Gasteiger partial charge >= 0.3 is 12.1 Å². The predicted molar refractivity (Wildman–Crippen MR) is 119 cm³/mol. The largest absolute Gasteiger partial charge is 0.497 e. The Hall–Kier alpha value is -3.60. The minimum absolute atomic E-state index is 0.00901. The summed E-state index contributed by atoms with van der Waals surface area (Å²) >= 11 is 1.05. The fraction of sp³-hybridized carbons (Fsp3) is 0.318. The molecule has 0 unspecified atom stereocenters. The molecule has 2 aromatic carbocycles. The minimum Gasteiger partial charge on any atom is -0.497 e. The highest BCUT2D eigenvalue weighted by Gasteiger charge is 2.42. The van der Waals surface area contributed by atoms with E-state index < -0.39 is 23.0 Å². The zero-order chi connectivity index (χ0) is 24.0. The number of nitro benzene ring substituents is 1. The van der Waals surface area contributed by atoms with Crippen LogP contribution in [0.2, 0.25) is 0 Å². The van der Waals surface area contributed by atoms with Crippen molar-refractivity contribution in [3.05, 3.63) is 64.2 Å². The molecular weight excluding hydrogens is 452 g/mol. The van der Waals surface area contributed by atoms with Gasteiger partial charge in [-0.2, -0.15) is 0 Å². The molecule has 33 heavy (non-hydrogen) atoms. The Morgan fingerprint density at radius 2 is 1.73 bits per heavy atom. The van der Waals surface area contributed by atoms with Crippen molar-refractivity contribution in [3.8, 4) is 11.5 Å². The zero-order valence-corrected chi connectivity index (χ0v) is 18.8. The zero-order valence-electron chi connectivity index (χ0n) is 18.0. The van der Waals surface area contributed by atoms with E-state index in [1.165, 1.54) is 36.1 Å². The summed E-state index contributed by atoms with van der Waals surface area (Å²) < 4.78 is 15.8. The summed E-state index contributed by atoms with van der Waals surface area (Å²) in [5.74, 6) is 0.155. The molecule has 0 N–H and O–H groups in total. The molecule has 2 aromatic rings. The molecule has 0 bridgehead atoms. The standard InChI is InChI=1S/C22H22N2O8S/c1-14(25)33-19-11-20(21(26)31-13-15-3-7-17(30-2)8-4-15)23(12-19)22(27)32-18-9-5-16(6-10-18)24(28)29/h3-10,19-20H,11-13H2,1-2H3/t19-,20+/m1/s1. The molecule has 11 heteroatoms. The third-order valence-corrected chi connectivity index (χ3v) is 5.90. The topological polar surface area (TPSA) is 125 Å². The van der Waals surface area contributed by atoms with Crippen LogP contribution in [-0.4, -0.2) is 51.9 Å². The highest BCUT2D eigenvalue weighted by molar-refractivity contribution is 8.14. The molecule has 1 heterocycles. The summed E-state index contributed by atoms with van der Waals surface area (Å²) in [7, 11) is 1.55. The first-order chi connectivity index (χ1) is 15.8. The van der Waals surface area contributed by atoms with Crippen molar-refractivity contribution in [2.24, 2.45) is 0 Å². The van der Waals surface area contributed by atoms with Crippen LogP contribution in [0.1, 0.15) is 18.9 Å². The summed E-state index contributed by atoms with van der Waals surface area (Å²) in [5, 5.41) is 10.4. The Labute approximate surface area is 193 Å². The van der Waals surface area contributed by atoms with Crippen LogP contribution < -0.4 is 9.47 Å². The summed E-state index contributed by atoms with van der Waals surface area (Å²) in [5.41, 5.74) is 0.602. The maximum absolute atomic E-state index is 12.8. The van der Waals surface area contributed by atoms with E-state index in [9.17, 15) is 24.5 Å². The lowest BCUT2D eigenvalue weighted by Crippen LogP contribution is -2.43. The molecular formula is C22H22N2O8S. The number of non-ortho nitro benzene ring substituents is 1. The third-order valence-electron chi connectivity index (χ3n) is 4.89. The average molecular weight is 474 g/mol. The summed E-state index contributed by atoms with van der Waals surface area (Å²) in [6.07, 6.45) is -0.567. The first-order valence-corrected chi connectivity index (χ1v) is 10.8. The molecule has 1 aliphatic rings. The molecule has 0 saturated carbocycles. The molecule has 0 aliphatic carbocycles. The van der Waals surface area contributed by atoms with Gasteiger partial charge in [-0.1, -0.05) is 23.9 Å². The van der Waals surface area contributed by atoms with Gasteiger partial charge in [0.1, 0.15) is 24.1 Å². The maximum Gasteiger partial charge on any atom is 0.416 e. The van der Waals surface area contributed by atoms with E-state index in [4.69, 9.17) is 14.2 Å². The number of likely N-dealkylation sites (tertiary alicyclic amines) is 1. The Balaban J connectivity index is 1.68. The van der Waals surface area contributed by atoms with Crippen molar-refractivity contribution in [3.63, 3.8) is 0 Å². The van der Waals surface area contributed by atoms with Gasteiger partial charge in [0.05, 0.1) is 12.0 Å². The number of thioether (sulfide) groups is 1. The van der Waals surface area contributed by atoms with E-state index >= 15 is 0 Å². The SMILES string of the molecule is COc1ccc(COC(=O)[C@@H]2C[C@@H](SC(C)=O)CN2C(=O)Oc2ccc([N+](=O)[O-])cc2)cc1. The van der Waals surface area contributed by atoms with Gasteiger partial charge in [0.25, 0.3) is 5.69 Å². The quantitative estimate of drug-likeness (QED) is 0.336. The lowest BCUT2D eigenvalue weighted by Gasteiger charge is -2.22. The molecule has 0 spiro atoms. The Kier molecular flexibility index (Phi) is 7.88. The molecule has 1 aliphatic heterocycles. The molecule has 1 saturated heterocycles. The number of esters is 1. The third kappa shape index (κ3) is 6.45. The Morgan fingerprint density at radius 1 is 1.09 bits per heavy atom. The van der Waals surface area contributed by atoms with Crippen LogP contribution in [0.3, 0.4) is 0 Å². The normalized spacial score (nSPS) is 17.3. The van der Waals surface area contributed by atoms with Crippen LogP contribution in [-0.2, 0) is 20.9 Å². The van der Waals surface area contributed by atoms with Crippen LogP contribution in [0.25, 0.3) is 0 Å². The van der Waals surface area contributed by atoms with Gasteiger partial charge in [0.2, 0.25) is 0 Å². The number of nitrogens with zero attached hydrogens (tertiary/aromatic N) is 2. The highest BCUT2D eigenvalue weighted by atomic mass is 32.2. The Morgan fingerprint density at radius 3 is 2.30 bits per heavy atom. The van der Waals surface area contributed by atoms with Crippen molar-refractivity contribution in [2.45, 2.75) is 31.2 Å². The number of rotatable bonds is 7. The number of amides is 1. The maximum atomic E-state index is 12.8. The number of benzene rings is 2. The van der Waals surface area contributed by atoms with Crippen LogP contribution in [0.15, 0.2) is 48.5 Å². The molecule has 1 amide bonds. The van der Waals surface area contributed by atoms with E-state index in [0.29, 0.717) is 5.75 Å². The summed E-state index contributed by atoms with van der Waals surface area (Å²) in [6.45, 7) is 1.55. The molecule has 2 atom stereocenters. The van der Waals surface area contributed by atoms with Gasteiger partial charge in [-0.25, -0.2) is 9.59 Å². The van der Waals surface area contributed by atoms with E-state index in [1.807, 2.05) is 0 Å². The second-order valence-electron chi connectivity index (χ2n) is 7.21. The van der Waals surface area contributed by atoms with Gasteiger partial charge in [-0.3, -0.25) is 19.8 Å². The second kappa shape index (κ2) is 10.8. The van der Waals surface area contributed by atoms with Gasteiger partial charge < -0.3 is 14.2 Å². The molecule has 0 aromatic heterocycles. The van der Waals surface area contributed by atoms with Crippen molar-refractivity contribution < 1.29 is 33.5 Å². The number of methoxy groups -OCH3 is 1. The van der Waals surface area contributed by atoms with Crippen molar-refractivity contribution in [1.29, 1.82) is 0 Å². The van der Waals surface area contributed by atoms with E-state index in [1.54, 1.807) is 31.4 Å². The van der Waals surface area contributed by atoms with E-state index in [0.717, 1.165) is 17.3 Å². The second-order valence-corrected chi connectivity index (χ2v) is 8.69. The summed E-state index contributed by atoms with van der Waals surface area (Å²) in [6, 6.07) is 11.1. The molecule has 3 rings (SSSR count). The van der Waals surface area contributed by atoms with E-state index in [-0.39, 0.29) is 41.4 Å². The number of nitro groups is 1. The predicted octanol–water partition coefficient (Wildman–Crippen LogP) is 3.57. The minimum atomic E-state index is -0.925. The lowest BCUT2D eigenvalue weighted by atomic mass is 10.2. The van der Waals surface area contributed by atoms with E-state index in [2.05, 4.69) is 0 Å².